The van der Waals surface area contributed by atoms with Crippen LogP contribution in [0.25, 0.3) is 105 Å². The number of hydrogen-bond donors (Lipinski definition) is 1. The smallest absolute Gasteiger partial charge is 0.160 e. The van der Waals surface area contributed by atoms with Gasteiger partial charge in [0.15, 0.2) is 5.82 Å². The number of benzene rings is 11. The maximum absolute atomic E-state index is 5.59. The van der Waals surface area contributed by atoms with E-state index in [4.69, 9.17) is 15.0 Å². The molecular formula is C66H44N6. The number of nitrogens with zero attached hydrogens (tertiary/aromatic N) is 5. The minimum absolute atomic E-state index is 0.0676. The Balaban J connectivity index is 0.972. The van der Waals surface area contributed by atoms with E-state index in [1.165, 1.54) is 27.1 Å². The molecule has 1 aliphatic heterocycles. The molecule has 14 rings (SSSR count). The topological polar surface area (TPSA) is 58.9 Å². The van der Waals surface area contributed by atoms with Crippen molar-refractivity contribution < 1.29 is 0 Å². The summed E-state index contributed by atoms with van der Waals surface area (Å²) < 4.78 is 2.24. The molecule has 338 valence electrons. The average Bonchev–Trinajstić information content (AvgIpc) is 4.05. The third-order valence-corrected chi connectivity index (χ3v) is 14.2. The van der Waals surface area contributed by atoms with Gasteiger partial charge in [-0.15, -0.1) is 0 Å². The van der Waals surface area contributed by atoms with E-state index in [1.807, 2.05) is 12.1 Å². The van der Waals surface area contributed by atoms with E-state index in [9.17, 15) is 0 Å². The highest BCUT2D eigenvalue weighted by Gasteiger charge is 2.31. The maximum Gasteiger partial charge on any atom is 0.160 e. The standard InChI is InChI=1S/C66H44N6/c1-3-17-47(18-4-1)65-67-58-23-11-13-25-60(58)71(65)54-35-31-45(32-36-54)62-57-42-53(51-29-27-43-15-7-9-21-49(43)39-51)41-56(52-30-28-44-16-8-10-22-50(44)40-52)63(57)70-64(69-62)46-33-37-55(38-34-46)72-61-26-14-12-24-59(61)68-66(72)48-19-5-2-6-20-48/h1-42,65,67H. The van der Waals surface area contributed by atoms with E-state index < -0.39 is 0 Å². The molecule has 1 unspecified atom stereocenters. The predicted octanol–water partition coefficient (Wildman–Crippen LogP) is 16.9. The number of rotatable bonds is 8. The van der Waals surface area contributed by atoms with E-state index in [0.29, 0.717) is 5.82 Å². The maximum atomic E-state index is 5.59. The lowest BCUT2D eigenvalue weighted by molar-refractivity contribution is 0.828. The van der Waals surface area contributed by atoms with Crippen molar-refractivity contribution in [2.24, 2.45) is 0 Å². The summed E-state index contributed by atoms with van der Waals surface area (Å²) in [6.07, 6.45) is -0.0676. The Kier molecular flexibility index (Phi) is 9.81. The summed E-state index contributed by atoms with van der Waals surface area (Å²) in [7, 11) is 0. The van der Waals surface area contributed by atoms with Crippen molar-refractivity contribution in [2.75, 3.05) is 10.2 Å². The molecule has 1 N–H and O–H groups in total. The third kappa shape index (κ3) is 7.16. The minimum Gasteiger partial charge on any atom is -0.359 e. The van der Waals surface area contributed by atoms with Crippen molar-refractivity contribution in [3.63, 3.8) is 0 Å². The molecule has 0 bridgehead atoms. The molecule has 1 aliphatic rings. The SMILES string of the molecule is c1ccc(-c2nc3ccccc3n2-c2ccc(-c3nc(-c4ccc(N5c6ccccc6NC5c5ccccc5)cc4)c4cc(-c5ccc6ccccc6c5)cc(-c5ccc6ccccc6c5)c4n3)cc2)cc1. The summed E-state index contributed by atoms with van der Waals surface area (Å²) in [4.78, 5) is 18.7. The second-order valence-corrected chi connectivity index (χ2v) is 18.5. The van der Waals surface area contributed by atoms with Gasteiger partial charge in [-0.3, -0.25) is 4.57 Å². The van der Waals surface area contributed by atoms with Crippen molar-refractivity contribution in [2.45, 2.75) is 6.17 Å². The van der Waals surface area contributed by atoms with Crippen molar-refractivity contribution in [1.82, 2.24) is 19.5 Å². The zero-order chi connectivity index (χ0) is 47.5. The van der Waals surface area contributed by atoms with E-state index in [1.54, 1.807) is 0 Å². The number of aromatic nitrogens is 4. The summed E-state index contributed by atoms with van der Waals surface area (Å²) in [5.74, 6) is 1.54. The molecule has 0 fully saturated rings. The monoisotopic (exact) mass is 920 g/mol. The number of anilines is 3. The molecule has 6 heteroatoms. The van der Waals surface area contributed by atoms with Gasteiger partial charge in [0.05, 0.1) is 33.6 Å². The van der Waals surface area contributed by atoms with Gasteiger partial charge in [-0.25, -0.2) is 15.0 Å². The zero-order valence-electron chi connectivity index (χ0n) is 39.1. The Morgan fingerprint density at radius 3 is 1.75 bits per heavy atom. The summed E-state index contributed by atoms with van der Waals surface area (Å²) in [6, 6.07) is 90.7. The van der Waals surface area contributed by atoms with Crippen LogP contribution in [0.4, 0.5) is 17.1 Å². The summed E-state index contributed by atoms with van der Waals surface area (Å²) in [5.41, 5.74) is 16.6. The highest BCUT2D eigenvalue weighted by molar-refractivity contribution is 6.06. The molecule has 1 atom stereocenters. The molecule has 3 heterocycles. The van der Waals surface area contributed by atoms with Crippen LogP contribution in [0.5, 0.6) is 0 Å². The van der Waals surface area contributed by atoms with E-state index in [0.717, 1.165) is 95.1 Å². The molecular weight excluding hydrogens is 877 g/mol. The van der Waals surface area contributed by atoms with Gasteiger partial charge < -0.3 is 10.2 Å². The molecule has 0 radical (unpaired) electrons. The first-order valence-corrected chi connectivity index (χ1v) is 24.4. The first kappa shape index (κ1) is 41.3. The average molecular weight is 921 g/mol. The lowest BCUT2D eigenvalue weighted by atomic mass is 9.92. The molecule has 72 heavy (non-hydrogen) atoms. The second-order valence-electron chi connectivity index (χ2n) is 18.5. The number of para-hydroxylation sites is 4. The van der Waals surface area contributed by atoms with Gasteiger partial charge in [0.1, 0.15) is 12.0 Å². The van der Waals surface area contributed by atoms with Gasteiger partial charge in [-0.2, -0.15) is 0 Å². The molecule has 2 aromatic heterocycles. The Bertz CT molecular complexity index is 4180. The van der Waals surface area contributed by atoms with Crippen molar-refractivity contribution in [3.05, 3.63) is 260 Å². The number of imidazole rings is 1. The first-order chi connectivity index (χ1) is 35.7. The van der Waals surface area contributed by atoms with Crippen LogP contribution in [0.2, 0.25) is 0 Å². The first-order valence-electron chi connectivity index (χ1n) is 24.4. The van der Waals surface area contributed by atoms with Crippen LogP contribution in [-0.2, 0) is 0 Å². The highest BCUT2D eigenvalue weighted by Crippen LogP contribution is 2.47. The van der Waals surface area contributed by atoms with Gasteiger partial charge in [0.25, 0.3) is 0 Å². The Morgan fingerprint density at radius 1 is 0.389 bits per heavy atom. The van der Waals surface area contributed by atoms with Crippen LogP contribution in [0.15, 0.2) is 255 Å². The highest BCUT2D eigenvalue weighted by atomic mass is 15.3. The Labute approximate surface area is 416 Å². The number of fused-ring (bicyclic) bond motifs is 5. The Morgan fingerprint density at radius 2 is 0.986 bits per heavy atom. The Hall–Kier alpha value is -9.65. The van der Waals surface area contributed by atoms with E-state index in [-0.39, 0.29) is 6.17 Å². The minimum atomic E-state index is -0.0676. The van der Waals surface area contributed by atoms with Gasteiger partial charge in [0, 0.05) is 39.0 Å². The van der Waals surface area contributed by atoms with Gasteiger partial charge >= 0.3 is 0 Å². The molecule has 0 amide bonds. The molecule has 0 aliphatic carbocycles. The fraction of sp³-hybridized carbons (Fsp3) is 0.0152. The lowest BCUT2D eigenvalue weighted by Crippen LogP contribution is -2.23. The summed E-state index contributed by atoms with van der Waals surface area (Å²) in [6.45, 7) is 0. The number of hydrogen-bond acceptors (Lipinski definition) is 5. The second kappa shape index (κ2) is 17.1. The molecule has 6 nitrogen and oxygen atoms in total. The largest absolute Gasteiger partial charge is 0.359 e. The molecule has 13 aromatic rings. The van der Waals surface area contributed by atoms with Crippen LogP contribution in [-0.4, -0.2) is 19.5 Å². The summed E-state index contributed by atoms with van der Waals surface area (Å²) >= 11 is 0. The van der Waals surface area contributed by atoms with Crippen molar-refractivity contribution >= 4 is 60.5 Å². The fourth-order valence-corrected chi connectivity index (χ4v) is 10.6. The van der Waals surface area contributed by atoms with Crippen LogP contribution in [0, 0.1) is 0 Å². The van der Waals surface area contributed by atoms with Gasteiger partial charge in [-0.1, -0.05) is 170 Å². The lowest BCUT2D eigenvalue weighted by Gasteiger charge is -2.27. The molecule has 0 saturated heterocycles. The van der Waals surface area contributed by atoms with E-state index >= 15 is 0 Å². The predicted molar refractivity (Wildman–Crippen MR) is 298 cm³/mol. The molecule has 0 spiro atoms. The molecule has 0 saturated carbocycles. The van der Waals surface area contributed by atoms with E-state index in [2.05, 4.69) is 257 Å². The summed E-state index contributed by atoms with van der Waals surface area (Å²) in [5, 5.41) is 9.54. The third-order valence-electron chi connectivity index (χ3n) is 14.2. The van der Waals surface area contributed by atoms with Crippen LogP contribution >= 0.6 is 0 Å². The van der Waals surface area contributed by atoms with Gasteiger partial charge in [-0.05, 0) is 129 Å². The van der Waals surface area contributed by atoms with Gasteiger partial charge in [0.2, 0.25) is 0 Å². The van der Waals surface area contributed by atoms with Crippen LogP contribution in [0.1, 0.15) is 11.7 Å². The normalized spacial score (nSPS) is 13.2. The fourth-order valence-electron chi connectivity index (χ4n) is 10.6. The molecule has 11 aromatic carbocycles. The van der Waals surface area contributed by atoms with Crippen molar-refractivity contribution in [3.8, 4) is 62.0 Å². The van der Waals surface area contributed by atoms with Crippen LogP contribution < -0.4 is 10.2 Å². The van der Waals surface area contributed by atoms with Crippen LogP contribution in [0.3, 0.4) is 0 Å². The van der Waals surface area contributed by atoms with Crippen molar-refractivity contribution in [1.29, 1.82) is 0 Å². The quantitative estimate of drug-likeness (QED) is 0.165. The zero-order valence-corrected chi connectivity index (χ0v) is 39.1. The number of nitrogens with one attached hydrogen (secondary N) is 1.